The van der Waals surface area contributed by atoms with E-state index < -0.39 is 5.79 Å². The molecular formula is C11H23O2. The minimum absolute atomic E-state index is 0.648. The van der Waals surface area contributed by atoms with Crippen LogP contribution < -0.4 is 0 Å². The quantitative estimate of drug-likeness (QED) is 0.429. The Morgan fingerprint density at radius 2 is 1.38 bits per heavy atom. The van der Waals surface area contributed by atoms with Crippen molar-refractivity contribution in [2.75, 3.05) is 13.2 Å². The average Bonchev–Trinajstić information content (AvgIpc) is 2.05. The summed E-state index contributed by atoms with van der Waals surface area (Å²) in [4.78, 5) is 0. The highest BCUT2D eigenvalue weighted by atomic mass is 16.7. The molecule has 13 heavy (non-hydrogen) atoms. The Hall–Kier alpha value is -0.0800. The molecule has 0 heterocycles. The van der Waals surface area contributed by atoms with Crippen LogP contribution in [0.5, 0.6) is 0 Å². The summed E-state index contributed by atoms with van der Waals surface area (Å²) in [6.07, 6.45) is 4.43. The lowest BCUT2D eigenvalue weighted by molar-refractivity contribution is -0.195. The van der Waals surface area contributed by atoms with Crippen molar-refractivity contribution in [3.8, 4) is 0 Å². The monoisotopic (exact) mass is 187 g/mol. The average molecular weight is 187 g/mol. The molecule has 0 atom stereocenters. The van der Waals surface area contributed by atoms with Gasteiger partial charge in [-0.05, 0) is 19.8 Å². The second kappa shape index (κ2) is 7.34. The molecule has 2 heteroatoms. The second-order valence-electron chi connectivity index (χ2n) is 3.54. The van der Waals surface area contributed by atoms with Gasteiger partial charge in [0.1, 0.15) is 0 Å². The van der Waals surface area contributed by atoms with Gasteiger partial charge < -0.3 is 9.47 Å². The molecule has 0 saturated carbocycles. The molecule has 0 saturated heterocycles. The zero-order valence-electron chi connectivity index (χ0n) is 9.27. The number of ether oxygens (including phenoxy) is 2. The van der Waals surface area contributed by atoms with Gasteiger partial charge in [0.2, 0.25) is 0 Å². The van der Waals surface area contributed by atoms with Gasteiger partial charge >= 0.3 is 0 Å². The lowest BCUT2D eigenvalue weighted by Crippen LogP contribution is -2.29. The summed E-state index contributed by atoms with van der Waals surface area (Å²) in [7, 11) is 0. The van der Waals surface area contributed by atoms with Crippen LogP contribution in [0, 0.1) is 6.92 Å². The van der Waals surface area contributed by atoms with Crippen LogP contribution in [0.2, 0.25) is 0 Å². The van der Waals surface area contributed by atoms with Gasteiger partial charge in [0.05, 0.1) is 0 Å². The fourth-order valence-corrected chi connectivity index (χ4v) is 0.906. The third kappa shape index (κ3) is 8.26. The molecule has 1 radical (unpaired) electrons. The minimum atomic E-state index is -0.648. The Kier molecular flexibility index (Phi) is 7.29. The van der Waals surface area contributed by atoms with E-state index in [2.05, 4.69) is 20.8 Å². The molecule has 0 rings (SSSR count). The third-order valence-electron chi connectivity index (χ3n) is 1.81. The van der Waals surface area contributed by atoms with Crippen molar-refractivity contribution in [1.82, 2.24) is 0 Å². The van der Waals surface area contributed by atoms with E-state index in [9.17, 15) is 0 Å². The van der Waals surface area contributed by atoms with Gasteiger partial charge in [-0.3, -0.25) is 0 Å². The predicted octanol–water partition coefficient (Wildman–Crippen LogP) is 3.17. The number of unbranched alkanes of at least 4 members (excludes halogenated alkanes) is 2. The molecule has 0 N–H and O–H groups in total. The Balaban J connectivity index is 3.42. The minimum Gasteiger partial charge on any atom is -0.350 e. The van der Waals surface area contributed by atoms with Crippen molar-refractivity contribution in [2.45, 2.75) is 52.2 Å². The SMILES string of the molecule is [CH2]C(C)(OCCCC)OCCCC. The van der Waals surface area contributed by atoms with Gasteiger partial charge in [-0.1, -0.05) is 26.7 Å². The number of rotatable bonds is 8. The smallest absolute Gasteiger partial charge is 0.165 e. The Morgan fingerprint density at radius 3 is 1.69 bits per heavy atom. The Bertz CT molecular complexity index is 98.7. The maximum atomic E-state index is 5.48. The van der Waals surface area contributed by atoms with Crippen LogP contribution in [0.3, 0.4) is 0 Å². The highest BCUT2D eigenvalue weighted by Crippen LogP contribution is 2.12. The molecule has 0 spiro atoms. The topological polar surface area (TPSA) is 18.5 Å². The van der Waals surface area contributed by atoms with Crippen LogP contribution >= 0.6 is 0 Å². The molecule has 0 aliphatic carbocycles. The fraction of sp³-hybridized carbons (Fsp3) is 0.909. The highest BCUT2D eigenvalue weighted by Gasteiger charge is 2.17. The summed E-state index contributed by atoms with van der Waals surface area (Å²) in [6, 6.07) is 0. The van der Waals surface area contributed by atoms with Crippen LogP contribution in [0.1, 0.15) is 46.5 Å². The first-order valence-corrected chi connectivity index (χ1v) is 5.25. The van der Waals surface area contributed by atoms with E-state index in [1.165, 1.54) is 0 Å². The molecule has 2 nitrogen and oxygen atoms in total. The van der Waals surface area contributed by atoms with Gasteiger partial charge in [-0.2, -0.15) is 0 Å². The first kappa shape index (κ1) is 12.9. The van der Waals surface area contributed by atoms with E-state index in [1.807, 2.05) is 6.92 Å². The van der Waals surface area contributed by atoms with E-state index in [1.54, 1.807) is 0 Å². The third-order valence-corrected chi connectivity index (χ3v) is 1.81. The van der Waals surface area contributed by atoms with Crippen molar-refractivity contribution in [3.05, 3.63) is 6.92 Å². The molecule has 0 aromatic heterocycles. The molecular weight excluding hydrogens is 164 g/mol. The Morgan fingerprint density at radius 1 is 1.00 bits per heavy atom. The molecule has 0 bridgehead atoms. The van der Waals surface area contributed by atoms with Gasteiger partial charge in [0.15, 0.2) is 5.79 Å². The van der Waals surface area contributed by atoms with Gasteiger partial charge in [-0.25, -0.2) is 0 Å². The van der Waals surface area contributed by atoms with Gasteiger partial charge in [-0.15, -0.1) is 0 Å². The van der Waals surface area contributed by atoms with Crippen molar-refractivity contribution in [2.24, 2.45) is 0 Å². The van der Waals surface area contributed by atoms with E-state index in [0.29, 0.717) is 0 Å². The standard InChI is InChI=1S/C11H23O2/c1-5-7-9-12-11(3,4)13-10-8-6-2/h3,5-10H2,1-2,4H3. The molecule has 0 aliphatic heterocycles. The zero-order valence-corrected chi connectivity index (χ0v) is 9.27. The van der Waals surface area contributed by atoms with Crippen LogP contribution in [-0.4, -0.2) is 19.0 Å². The molecule has 0 unspecified atom stereocenters. The van der Waals surface area contributed by atoms with Gasteiger partial charge in [0, 0.05) is 20.1 Å². The van der Waals surface area contributed by atoms with Crippen LogP contribution in [0.25, 0.3) is 0 Å². The number of hydrogen-bond donors (Lipinski definition) is 0. The molecule has 0 aliphatic rings. The summed E-state index contributed by atoms with van der Waals surface area (Å²) in [5.41, 5.74) is 0. The lowest BCUT2D eigenvalue weighted by Gasteiger charge is -2.25. The van der Waals surface area contributed by atoms with E-state index >= 15 is 0 Å². The van der Waals surface area contributed by atoms with Crippen molar-refractivity contribution >= 4 is 0 Å². The summed E-state index contributed by atoms with van der Waals surface area (Å²) in [5.74, 6) is -0.648. The maximum absolute atomic E-state index is 5.48. The number of hydrogen-bond acceptors (Lipinski definition) is 2. The zero-order chi connectivity index (χ0) is 10.2. The first-order chi connectivity index (χ1) is 6.12. The highest BCUT2D eigenvalue weighted by molar-refractivity contribution is 4.65. The van der Waals surface area contributed by atoms with E-state index in [4.69, 9.17) is 9.47 Å². The largest absolute Gasteiger partial charge is 0.350 e. The summed E-state index contributed by atoms with van der Waals surface area (Å²) in [5, 5.41) is 0. The summed E-state index contributed by atoms with van der Waals surface area (Å²) >= 11 is 0. The predicted molar refractivity (Wildman–Crippen MR) is 55.5 cm³/mol. The molecule has 0 amide bonds. The van der Waals surface area contributed by atoms with Crippen LogP contribution in [0.4, 0.5) is 0 Å². The molecule has 0 aromatic carbocycles. The van der Waals surface area contributed by atoms with Crippen molar-refractivity contribution in [1.29, 1.82) is 0 Å². The molecule has 0 fully saturated rings. The van der Waals surface area contributed by atoms with Crippen molar-refractivity contribution in [3.63, 3.8) is 0 Å². The van der Waals surface area contributed by atoms with E-state index in [0.717, 1.165) is 38.9 Å². The fourth-order valence-electron chi connectivity index (χ4n) is 0.906. The summed E-state index contributed by atoms with van der Waals surface area (Å²) in [6.45, 7) is 11.5. The Labute approximate surface area is 82.6 Å². The summed E-state index contributed by atoms with van der Waals surface area (Å²) < 4.78 is 11.0. The second-order valence-corrected chi connectivity index (χ2v) is 3.54. The molecule has 79 valence electrons. The molecule has 0 aromatic rings. The van der Waals surface area contributed by atoms with Gasteiger partial charge in [0.25, 0.3) is 0 Å². The normalized spacial score (nSPS) is 12.0. The van der Waals surface area contributed by atoms with Crippen LogP contribution in [-0.2, 0) is 9.47 Å². The van der Waals surface area contributed by atoms with Crippen LogP contribution in [0.15, 0.2) is 0 Å². The van der Waals surface area contributed by atoms with Crippen molar-refractivity contribution < 1.29 is 9.47 Å². The first-order valence-electron chi connectivity index (χ1n) is 5.25. The lowest BCUT2D eigenvalue weighted by atomic mass is 10.3. The maximum Gasteiger partial charge on any atom is 0.165 e. The van der Waals surface area contributed by atoms with E-state index in [-0.39, 0.29) is 0 Å².